The van der Waals surface area contributed by atoms with Gasteiger partial charge >= 0.3 is 6.18 Å². The van der Waals surface area contributed by atoms with Gasteiger partial charge < -0.3 is 15.0 Å². The van der Waals surface area contributed by atoms with Gasteiger partial charge in [-0.1, -0.05) is 12.1 Å². The van der Waals surface area contributed by atoms with Gasteiger partial charge in [-0.15, -0.1) is 0 Å². The highest BCUT2D eigenvalue weighted by molar-refractivity contribution is 7.90. The van der Waals surface area contributed by atoms with E-state index in [1.165, 1.54) is 29.2 Å². The van der Waals surface area contributed by atoms with Crippen molar-refractivity contribution in [1.82, 2.24) is 10.2 Å². The smallest absolute Gasteiger partial charge is 0.374 e. The van der Waals surface area contributed by atoms with Crippen LogP contribution in [0.1, 0.15) is 40.4 Å². The number of nitrogens with zero attached hydrogens (tertiary/aromatic N) is 1. The predicted molar refractivity (Wildman–Crippen MR) is 123 cm³/mol. The van der Waals surface area contributed by atoms with E-state index in [1.54, 1.807) is 0 Å². The molecule has 1 aliphatic carbocycles. The van der Waals surface area contributed by atoms with E-state index in [1.807, 2.05) is 0 Å². The first-order valence-corrected chi connectivity index (χ1v) is 13.6. The summed E-state index contributed by atoms with van der Waals surface area (Å²) in [6.07, 6.45) is -2.92. The van der Waals surface area contributed by atoms with E-state index in [4.69, 9.17) is 4.74 Å². The predicted octanol–water partition coefficient (Wildman–Crippen LogP) is 3.45. The Kier molecular flexibility index (Phi) is 6.29. The summed E-state index contributed by atoms with van der Waals surface area (Å²) >= 11 is 0. The molecular weight excluding hydrogens is 535 g/mol. The number of sulfone groups is 1. The van der Waals surface area contributed by atoms with E-state index in [0.29, 0.717) is 12.5 Å². The number of likely N-dealkylation sites (tertiary alicyclic amines) is 1. The molecule has 2 aliphatic heterocycles. The first kappa shape index (κ1) is 26.5. The van der Waals surface area contributed by atoms with Crippen LogP contribution in [0.3, 0.4) is 0 Å². The van der Waals surface area contributed by atoms with E-state index in [2.05, 4.69) is 5.32 Å². The summed E-state index contributed by atoms with van der Waals surface area (Å²) in [5, 5.41) is 2.42. The number of fused-ring (bicyclic) bond motifs is 1. The van der Waals surface area contributed by atoms with E-state index in [9.17, 15) is 35.6 Å². The number of rotatable bonds is 6. The Morgan fingerprint density at radius 3 is 2.42 bits per heavy atom. The van der Waals surface area contributed by atoms with Crippen molar-refractivity contribution in [2.75, 3.05) is 19.5 Å². The standard InChI is InChI=1S/C25H23F5N2O5S/c1-38(35,36)16-4-2-3-13(7-16)23(34)32-19-8-14(19)9-20(32)22(33)31-21(24(27)11-37-12-24)17-6-5-15(10-18(17)26)25(28,29)30/h2-7,10,14,19-21H,8-9,11-12H2,1H3,(H,31,33)/t14-,19-,20-,21?/m1/s1. The molecule has 13 heteroatoms. The lowest BCUT2D eigenvalue weighted by atomic mass is 9.87. The molecule has 4 atom stereocenters. The largest absolute Gasteiger partial charge is 0.416 e. The fraction of sp³-hybridized carbons (Fsp3) is 0.440. The molecule has 3 fully saturated rings. The molecular formula is C25H23F5N2O5S. The van der Waals surface area contributed by atoms with Gasteiger partial charge in [-0.2, -0.15) is 13.2 Å². The van der Waals surface area contributed by atoms with E-state index < -0.39 is 75.7 Å². The molecule has 1 N–H and O–H groups in total. The zero-order valence-corrected chi connectivity index (χ0v) is 20.8. The van der Waals surface area contributed by atoms with Crippen molar-refractivity contribution in [3.63, 3.8) is 0 Å². The molecule has 3 aliphatic rings. The second-order valence-electron chi connectivity index (χ2n) is 10.0. The van der Waals surface area contributed by atoms with Crippen molar-refractivity contribution in [2.45, 2.75) is 47.7 Å². The third-order valence-corrected chi connectivity index (χ3v) is 8.39. The molecule has 2 amide bonds. The second-order valence-corrected chi connectivity index (χ2v) is 12.0. The highest BCUT2D eigenvalue weighted by atomic mass is 32.2. The second kappa shape index (κ2) is 9.01. The third kappa shape index (κ3) is 4.77. The maximum absolute atomic E-state index is 15.5. The molecule has 0 aromatic heterocycles. The Morgan fingerprint density at radius 2 is 1.84 bits per heavy atom. The SMILES string of the molecule is CS(=O)(=O)c1cccc(C(=O)N2[C@@H](C(=O)NC(c3ccc(C(F)(F)F)cc3F)C3(F)COC3)C[C@H]3C[C@H]32)c1. The van der Waals surface area contributed by atoms with Gasteiger partial charge in [0.05, 0.1) is 29.7 Å². The topological polar surface area (TPSA) is 92.8 Å². The van der Waals surface area contributed by atoms with Crippen molar-refractivity contribution in [3.8, 4) is 0 Å². The molecule has 204 valence electrons. The Balaban J connectivity index is 1.42. The molecule has 1 saturated carbocycles. The van der Waals surface area contributed by atoms with Crippen molar-refractivity contribution >= 4 is 21.7 Å². The van der Waals surface area contributed by atoms with Crippen LogP contribution in [0.2, 0.25) is 0 Å². The number of halogens is 5. The van der Waals surface area contributed by atoms with E-state index in [0.717, 1.165) is 12.3 Å². The zero-order valence-electron chi connectivity index (χ0n) is 20.0. The number of benzene rings is 2. The number of piperidine rings is 1. The molecule has 2 heterocycles. The molecule has 2 aromatic rings. The van der Waals surface area contributed by atoms with Crippen LogP contribution < -0.4 is 5.32 Å². The summed E-state index contributed by atoms with van der Waals surface area (Å²) in [6.45, 7) is -1.01. The van der Waals surface area contributed by atoms with Gasteiger partial charge in [0.25, 0.3) is 5.91 Å². The van der Waals surface area contributed by atoms with Gasteiger partial charge in [0.1, 0.15) is 11.9 Å². The van der Waals surface area contributed by atoms with Crippen molar-refractivity contribution in [3.05, 3.63) is 65.0 Å². The minimum atomic E-state index is -4.81. The normalized spacial score (nSPS) is 24.8. The Bertz CT molecular complexity index is 1410. The van der Waals surface area contributed by atoms with E-state index in [-0.39, 0.29) is 34.9 Å². The minimum absolute atomic E-state index is 0.0143. The molecule has 0 spiro atoms. The van der Waals surface area contributed by atoms with Gasteiger partial charge in [-0.3, -0.25) is 9.59 Å². The van der Waals surface area contributed by atoms with Crippen molar-refractivity contribution < 1.29 is 44.7 Å². The summed E-state index contributed by atoms with van der Waals surface area (Å²) in [7, 11) is -3.60. The minimum Gasteiger partial charge on any atom is -0.374 e. The van der Waals surface area contributed by atoms with Gasteiger partial charge in [-0.05, 0) is 49.1 Å². The number of amides is 2. The number of ether oxygens (including phenoxy) is 1. The molecule has 5 rings (SSSR count). The number of hydrogen-bond donors (Lipinski definition) is 1. The zero-order chi connectivity index (χ0) is 27.6. The first-order chi connectivity index (χ1) is 17.7. The summed E-state index contributed by atoms with van der Waals surface area (Å²) in [6, 6.07) is 4.03. The van der Waals surface area contributed by atoms with Crippen LogP contribution in [0.4, 0.5) is 22.0 Å². The van der Waals surface area contributed by atoms with Crippen LogP contribution in [-0.2, 0) is 25.5 Å². The van der Waals surface area contributed by atoms with Crippen LogP contribution in [0.25, 0.3) is 0 Å². The quantitative estimate of drug-likeness (QED) is 0.549. The molecule has 2 saturated heterocycles. The molecule has 7 nitrogen and oxygen atoms in total. The number of alkyl halides is 4. The number of carbonyl (C=O) groups excluding carboxylic acids is 2. The summed E-state index contributed by atoms with van der Waals surface area (Å²) in [5.74, 6) is -2.70. The first-order valence-electron chi connectivity index (χ1n) is 11.8. The van der Waals surface area contributed by atoms with Gasteiger partial charge in [-0.25, -0.2) is 17.2 Å². The maximum atomic E-state index is 15.5. The lowest BCUT2D eigenvalue weighted by molar-refractivity contribution is -0.155. The molecule has 0 bridgehead atoms. The van der Waals surface area contributed by atoms with Gasteiger partial charge in [0, 0.05) is 23.4 Å². The lowest BCUT2D eigenvalue weighted by Gasteiger charge is -2.41. The summed E-state index contributed by atoms with van der Waals surface area (Å²) < 4.78 is 98.1. The summed E-state index contributed by atoms with van der Waals surface area (Å²) in [5.41, 5.74) is -3.95. The Hall–Kier alpha value is -3.06. The van der Waals surface area contributed by atoms with Gasteiger partial charge in [0.2, 0.25) is 5.91 Å². The molecule has 2 aromatic carbocycles. The van der Waals surface area contributed by atoms with Crippen LogP contribution >= 0.6 is 0 Å². The number of hydrogen-bond acceptors (Lipinski definition) is 5. The maximum Gasteiger partial charge on any atom is 0.416 e. The fourth-order valence-electron chi connectivity index (χ4n) is 5.12. The highest BCUT2D eigenvalue weighted by Gasteiger charge is 2.57. The third-order valence-electron chi connectivity index (χ3n) is 7.28. The highest BCUT2D eigenvalue weighted by Crippen LogP contribution is 2.49. The Morgan fingerprint density at radius 1 is 1.13 bits per heavy atom. The summed E-state index contributed by atoms with van der Waals surface area (Å²) in [4.78, 5) is 28.0. The van der Waals surface area contributed by atoms with Crippen molar-refractivity contribution in [1.29, 1.82) is 0 Å². The fourth-order valence-corrected chi connectivity index (χ4v) is 5.78. The van der Waals surface area contributed by atoms with Crippen LogP contribution in [-0.4, -0.2) is 62.4 Å². The number of nitrogens with one attached hydrogen (secondary N) is 1. The monoisotopic (exact) mass is 558 g/mol. The molecule has 38 heavy (non-hydrogen) atoms. The number of carbonyl (C=O) groups is 2. The van der Waals surface area contributed by atoms with Crippen molar-refractivity contribution in [2.24, 2.45) is 5.92 Å². The average Bonchev–Trinajstić information content (AvgIpc) is 3.49. The van der Waals surface area contributed by atoms with Crippen LogP contribution in [0.15, 0.2) is 47.4 Å². The Labute approximate surface area is 214 Å². The van der Waals surface area contributed by atoms with E-state index >= 15 is 4.39 Å². The lowest BCUT2D eigenvalue weighted by Crippen LogP contribution is -2.58. The average molecular weight is 559 g/mol. The van der Waals surface area contributed by atoms with Crippen LogP contribution in [0.5, 0.6) is 0 Å². The molecule has 1 unspecified atom stereocenters. The van der Waals surface area contributed by atoms with Gasteiger partial charge in [0.15, 0.2) is 15.5 Å². The molecule has 0 radical (unpaired) electrons. The van der Waals surface area contributed by atoms with Crippen LogP contribution in [0, 0.1) is 11.7 Å².